The van der Waals surface area contributed by atoms with Gasteiger partial charge in [0.15, 0.2) is 6.73 Å². The molecule has 0 atom stereocenters. The molecule has 1 N–H and O–H groups in total. The van der Waals surface area contributed by atoms with Crippen LogP contribution in [-0.2, 0) is 4.74 Å². The Kier molecular flexibility index (Phi) is 15.5. The van der Waals surface area contributed by atoms with Crippen molar-refractivity contribution in [1.82, 2.24) is 0 Å². The van der Waals surface area contributed by atoms with E-state index < -0.39 is 0 Å². The molecule has 0 saturated carbocycles. The quantitative estimate of drug-likeness (QED) is 0.305. The Bertz CT molecular complexity index is 166. The Morgan fingerprint density at radius 2 is 1.56 bits per heavy atom. The van der Waals surface area contributed by atoms with Crippen LogP contribution in [0.25, 0.3) is 0 Å². The number of aliphatic hydroxyl groups is 1. The summed E-state index contributed by atoms with van der Waals surface area (Å²) in [5.74, 6) is 0. The molecule has 0 aromatic heterocycles. The number of quaternary nitrogens is 1. The van der Waals surface area contributed by atoms with Gasteiger partial charge in [-0.05, 0) is 6.42 Å². The van der Waals surface area contributed by atoms with Gasteiger partial charge in [0.2, 0.25) is 0 Å². The van der Waals surface area contributed by atoms with Gasteiger partial charge in [0, 0.05) is 13.0 Å². The second kappa shape index (κ2) is 13.6. The van der Waals surface area contributed by atoms with Crippen LogP contribution in [-0.4, -0.2) is 50.2 Å². The third-order valence-corrected chi connectivity index (χ3v) is 3.00. The van der Waals surface area contributed by atoms with Crippen LogP contribution in [0.5, 0.6) is 0 Å². The highest BCUT2D eigenvalue weighted by molar-refractivity contribution is 4.42. The summed E-state index contributed by atoms with van der Waals surface area (Å²) in [5, 5.41) is 8.79. The van der Waals surface area contributed by atoms with Crippen molar-refractivity contribution in [3.05, 3.63) is 0 Å². The van der Waals surface area contributed by atoms with E-state index in [-0.39, 0.29) is 19.0 Å². The second-order valence-electron chi connectivity index (χ2n) is 5.54. The number of unbranched alkanes of at least 4 members (excludes halogenated alkanes) is 5. The Hall–Kier alpha value is 0.170. The SMILES string of the molecule is CCCCCCCCOC[N+](C)(C)CCCO.[Cl-]. The summed E-state index contributed by atoms with van der Waals surface area (Å²) in [5.41, 5.74) is 0. The Morgan fingerprint density at radius 3 is 2.17 bits per heavy atom. The van der Waals surface area contributed by atoms with Crippen molar-refractivity contribution in [2.45, 2.75) is 51.9 Å². The molecule has 4 heteroatoms. The van der Waals surface area contributed by atoms with Crippen molar-refractivity contribution in [3.8, 4) is 0 Å². The topological polar surface area (TPSA) is 29.5 Å². The number of rotatable bonds is 12. The molecule has 18 heavy (non-hydrogen) atoms. The highest BCUT2D eigenvalue weighted by Gasteiger charge is 2.13. The lowest BCUT2D eigenvalue weighted by Crippen LogP contribution is -3.00. The first kappa shape index (κ1) is 20.5. The maximum atomic E-state index is 8.79. The minimum absolute atomic E-state index is 0. The van der Waals surface area contributed by atoms with Crippen LogP contribution in [0.3, 0.4) is 0 Å². The van der Waals surface area contributed by atoms with E-state index in [1.165, 1.54) is 38.5 Å². The molecule has 0 amide bonds. The van der Waals surface area contributed by atoms with E-state index >= 15 is 0 Å². The van der Waals surface area contributed by atoms with Crippen LogP contribution < -0.4 is 12.4 Å². The summed E-state index contributed by atoms with van der Waals surface area (Å²) in [4.78, 5) is 0. The van der Waals surface area contributed by atoms with Crippen LogP contribution in [0.2, 0.25) is 0 Å². The molecule has 0 spiro atoms. The fourth-order valence-electron chi connectivity index (χ4n) is 1.86. The second-order valence-corrected chi connectivity index (χ2v) is 5.54. The predicted octanol–water partition coefficient (Wildman–Crippen LogP) is -0.216. The standard InChI is InChI=1S/C14H32NO2.ClH/c1-4-5-6-7-8-9-13-17-14-15(2,3)11-10-12-16;/h16H,4-14H2,1-3H3;1H/q+1;/p-1. The van der Waals surface area contributed by atoms with Crippen LogP contribution in [0.4, 0.5) is 0 Å². The van der Waals surface area contributed by atoms with E-state index in [9.17, 15) is 0 Å². The lowest BCUT2D eigenvalue weighted by molar-refractivity contribution is -0.909. The molecular weight excluding hydrogens is 250 g/mol. The van der Waals surface area contributed by atoms with Gasteiger partial charge in [-0.1, -0.05) is 39.0 Å². The number of nitrogens with zero attached hydrogens (tertiary/aromatic N) is 1. The van der Waals surface area contributed by atoms with Gasteiger partial charge in [0.25, 0.3) is 0 Å². The Morgan fingerprint density at radius 1 is 0.944 bits per heavy atom. The molecule has 0 bridgehead atoms. The smallest absolute Gasteiger partial charge is 0.182 e. The van der Waals surface area contributed by atoms with Crippen LogP contribution in [0.1, 0.15) is 51.9 Å². The van der Waals surface area contributed by atoms with E-state index in [1.807, 2.05) is 0 Å². The van der Waals surface area contributed by atoms with Gasteiger partial charge in [0.05, 0.1) is 27.2 Å². The van der Waals surface area contributed by atoms with Gasteiger partial charge in [0.1, 0.15) is 0 Å². The third-order valence-electron chi connectivity index (χ3n) is 3.00. The lowest BCUT2D eigenvalue weighted by Gasteiger charge is -2.28. The van der Waals surface area contributed by atoms with E-state index in [4.69, 9.17) is 9.84 Å². The summed E-state index contributed by atoms with van der Waals surface area (Å²) in [6.45, 7) is 5.14. The fraction of sp³-hybridized carbons (Fsp3) is 1.00. The van der Waals surface area contributed by atoms with Crippen molar-refractivity contribution in [3.63, 3.8) is 0 Å². The molecule has 0 aliphatic heterocycles. The lowest BCUT2D eigenvalue weighted by atomic mass is 10.1. The highest BCUT2D eigenvalue weighted by Crippen LogP contribution is 2.06. The van der Waals surface area contributed by atoms with Crippen molar-refractivity contribution in [2.75, 3.05) is 40.6 Å². The minimum atomic E-state index is 0. The monoisotopic (exact) mass is 281 g/mol. The maximum absolute atomic E-state index is 8.79. The van der Waals surface area contributed by atoms with Crippen LogP contribution >= 0.6 is 0 Å². The summed E-state index contributed by atoms with van der Waals surface area (Å²) >= 11 is 0. The molecule has 112 valence electrons. The zero-order valence-electron chi connectivity index (χ0n) is 12.5. The molecule has 0 saturated heterocycles. The number of aliphatic hydroxyl groups excluding tert-OH is 1. The van der Waals surface area contributed by atoms with Gasteiger partial charge in [-0.2, -0.15) is 0 Å². The van der Waals surface area contributed by atoms with Crippen LogP contribution in [0.15, 0.2) is 0 Å². The first-order valence-electron chi connectivity index (χ1n) is 7.13. The maximum Gasteiger partial charge on any atom is 0.182 e. The molecule has 0 aliphatic rings. The molecule has 0 radical (unpaired) electrons. The van der Waals surface area contributed by atoms with Crippen LogP contribution in [0, 0.1) is 0 Å². The van der Waals surface area contributed by atoms with Crippen molar-refractivity contribution < 1.29 is 26.7 Å². The minimum Gasteiger partial charge on any atom is -1.00 e. The van der Waals surface area contributed by atoms with Gasteiger partial charge in [-0.3, -0.25) is 0 Å². The Balaban J connectivity index is 0. The number of hydrogen-bond acceptors (Lipinski definition) is 2. The van der Waals surface area contributed by atoms with E-state index in [2.05, 4.69) is 21.0 Å². The van der Waals surface area contributed by atoms with E-state index in [1.54, 1.807) is 0 Å². The molecule has 0 aliphatic carbocycles. The van der Waals surface area contributed by atoms with E-state index in [0.717, 1.165) is 30.8 Å². The third kappa shape index (κ3) is 14.2. The summed E-state index contributed by atoms with van der Waals surface area (Å²) in [6, 6.07) is 0. The highest BCUT2D eigenvalue weighted by atomic mass is 35.5. The van der Waals surface area contributed by atoms with Gasteiger partial charge < -0.3 is 26.7 Å². The first-order valence-corrected chi connectivity index (χ1v) is 7.13. The molecule has 0 unspecified atom stereocenters. The molecule has 3 nitrogen and oxygen atoms in total. The molecule has 0 aromatic carbocycles. The van der Waals surface area contributed by atoms with Crippen molar-refractivity contribution in [2.24, 2.45) is 0 Å². The molecule has 0 heterocycles. The summed E-state index contributed by atoms with van der Waals surface area (Å²) in [6.07, 6.45) is 8.73. The average Bonchev–Trinajstić information content (AvgIpc) is 2.30. The zero-order chi connectivity index (χ0) is 13.0. The Labute approximate surface area is 120 Å². The summed E-state index contributed by atoms with van der Waals surface area (Å²) < 4.78 is 6.54. The van der Waals surface area contributed by atoms with Gasteiger partial charge >= 0.3 is 0 Å². The van der Waals surface area contributed by atoms with Crippen molar-refractivity contribution >= 4 is 0 Å². The predicted molar refractivity (Wildman–Crippen MR) is 72.9 cm³/mol. The number of ether oxygens (including phenoxy) is 1. The van der Waals surface area contributed by atoms with Crippen molar-refractivity contribution in [1.29, 1.82) is 0 Å². The fourth-order valence-corrected chi connectivity index (χ4v) is 1.86. The van der Waals surface area contributed by atoms with Gasteiger partial charge in [-0.15, -0.1) is 0 Å². The molecule has 0 fully saturated rings. The van der Waals surface area contributed by atoms with E-state index in [0.29, 0.717) is 0 Å². The first-order chi connectivity index (χ1) is 8.12. The molecular formula is C14H32ClNO2. The molecule has 0 rings (SSSR count). The summed E-state index contributed by atoms with van der Waals surface area (Å²) in [7, 11) is 4.30. The number of hydrogen-bond donors (Lipinski definition) is 1. The zero-order valence-corrected chi connectivity index (χ0v) is 13.2. The average molecular weight is 282 g/mol. The van der Waals surface area contributed by atoms with Gasteiger partial charge in [-0.25, -0.2) is 0 Å². The number of halogens is 1. The normalized spacial score (nSPS) is 11.3. The largest absolute Gasteiger partial charge is 1.00 e. The molecule has 0 aromatic rings.